The first-order chi connectivity index (χ1) is 17.0. The lowest BCUT2D eigenvalue weighted by atomic mass is 10.2. The van der Waals surface area contributed by atoms with Crippen molar-refractivity contribution in [2.75, 3.05) is 66.0 Å². The average molecular weight is 513 g/mol. The van der Waals surface area contributed by atoms with Crippen LogP contribution in [-0.4, -0.2) is 131 Å². The van der Waals surface area contributed by atoms with E-state index < -0.39 is 56.0 Å². The number of carbonyl (C=O) groups is 5. The predicted molar refractivity (Wildman–Crippen MR) is 125 cm³/mol. The zero-order valence-electron chi connectivity index (χ0n) is 20.0. The molecule has 0 aliphatic heterocycles. The third-order valence-corrected chi connectivity index (χ3v) is 4.92. The number of ether oxygens (including phenoxy) is 1. The quantitative estimate of drug-likeness (QED) is 0.145. The lowest BCUT2D eigenvalue weighted by Gasteiger charge is -2.27. The minimum absolute atomic E-state index is 0.0252. The Balaban J connectivity index is 2.69. The summed E-state index contributed by atoms with van der Waals surface area (Å²) in [7, 11) is 1.54. The maximum atomic E-state index is 12.4. The summed E-state index contributed by atoms with van der Waals surface area (Å²) in [5, 5.41) is 39.0. The van der Waals surface area contributed by atoms with Crippen molar-refractivity contribution in [1.82, 2.24) is 20.0 Å². The van der Waals surface area contributed by atoms with Crippen LogP contribution in [0.15, 0.2) is 24.3 Å². The highest BCUT2D eigenvalue weighted by Gasteiger charge is 2.19. The minimum atomic E-state index is -1.23. The molecule has 36 heavy (non-hydrogen) atoms. The third-order valence-electron chi connectivity index (χ3n) is 4.92. The summed E-state index contributed by atoms with van der Waals surface area (Å²) in [5.41, 5.74) is 0.814. The molecule has 0 aliphatic carbocycles. The molecule has 1 aromatic rings. The van der Waals surface area contributed by atoms with Gasteiger partial charge in [0.1, 0.15) is 5.75 Å². The largest absolute Gasteiger partial charge is 0.497 e. The summed E-state index contributed by atoms with van der Waals surface area (Å²) in [4.78, 5) is 60.7. The first kappa shape index (κ1) is 30.3. The number of carbonyl (C=O) groups excluding carboxylic acids is 1. The van der Waals surface area contributed by atoms with E-state index in [1.807, 2.05) is 0 Å². The lowest BCUT2D eigenvalue weighted by molar-refractivity contribution is -0.143. The van der Waals surface area contributed by atoms with E-state index in [2.05, 4.69) is 5.32 Å². The summed E-state index contributed by atoms with van der Waals surface area (Å²) < 4.78 is 5.07. The van der Waals surface area contributed by atoms with E-state index in [0.717, 1.165) is 10.5 Å². The summed E-state index contributed by atoms with van der Waals surface area (Å²) >= 11 is 0. The van der Waals surface area contributed by atoms with Crippen molar-refractivity contribution in [3.63, 3.8) is 0 Å². The Hall–Kier alpha value is -3.75. The maximum absolute atomic E-state index is 12.4. The van der Waals surface area contributed by atoms with Crippen molar-refractivity contribution in [2.24, 2.45) is 0 Å². The number of benzene rings is 1. The maximum Gasteiger partial charge on any atom is 0.317 e. The standard InChI is InChI=1S/C22H32N4O10/c1-36-17-4-2-16(3-5-17)10-23-18(27)11-25(13-20(30)31)8-6-24(12-19(28)29)7-9-26(14-21(32)33)15-22(34)35/h2-5H,6-15H2,1H3,(H,23,27)(H,28,29)(H,30,31)(H,32,33)(H,34,35). The van der Waals surface area contributed by atoms with E-state index in [4.69, 9.17) is 14.9 Å². The van der Waals surface area contributed by atoms with Gasteiger partial charge in [-0.05, 0) is 17.7 Å². The van der Waals surface area contributed by atoms with E-state index in [1.165, 1.54) is 16.9 Å². The van der Waals surface area contributed by atoms with Crippen LogP contribution < -0.4 is 10.1 Å². The molecule has 14 nitrogen and oxygen atoms in total. The van der Waals surface area contributed by atoms with Crippen molar-refractivity contribution < 1.29 is 49.1 Å². The van der Waals surface area contributed by atoms with E-state index in [-0.39, 0.29) is 39.3 Å². The highest BCUT2D eigenvalue weighted by atomic mass is 16.5. The number of nitrogens with one attached hydrogen (secondary N) is 1. The molecule has 0 atom stereocenters. The van der Waals surface area contributed by atoms with E-state index in [1.54, 1.807) is 24.3 Å². The van der Waals surface area contributed by atoms with Crippen molar-refractivity contribution in [3.8, 4) is 5.75 Å². The molecule has 1 aromatic carbocycles. The van der Waals surface area contributed by atoms with Crippen molar-refractivity contribution >= 4 is 29.8 Å². The summed E-state index contributed by atoms with van der Waals surface area (Å²) in [6.07, 6.45) is 0. The molecule has 0 aromatic heterocycles. The molecule has 0 aliphatic rings. The van der Waals surface area contributed by atoms with E-state index >= 15 is 0 Å². The summed E-state index contributed by atoms with van der Waals surface area (Å²) in [5.74, 6) is -4.55. The number of nitrogens with zero attached hydrogens (tertiary/aromatic N) is 3. The normalized spacial score (nSPS) is 11.0. The molecule has 200 valence electrons. The van der Waals surface area contributed by atoms with Gasteiger partial charge < -0.3 is 30.5 Å². The molecule has 14 heteroatoms. The van der Waals surface area contributed by atoms with Crippen LogP contribution in [0.25, 0.3) is 0 Å². The van der Waals surface area contributed by atoms with Gasteiger partial charge in [0, 0.05) is 32.7 Å². The molecular weight excluding hydrogens is 480 g/mol. The Kier molecular flexibility index (Phi) is 13.5. The van der Waals surface area contributed by atoms with Crippen LogP contribution in [0.2, 0.25) is 0 Å². The molecule has 0 radical (unpaired) electrons. The molecule has 0 saturated heterocycles. The van der Waals surface area contributed by atoms with Crippen LogP contribution in [0.5, 0.6) is 5.75 Å². The number of aliphatic carboxylic acids is 4. The fourth-order valence-corrected chi connectivity index (χ4v) is 3.23. The predicted octanol–water partition coefficient (Wildman–Crippen LogP) is -1.44. The minimum Gasteiger partial charge on any atom is -0.497 e. The van der Waals surface area contributed by atoms with Gasteiger partial charge in [0.25, 0.3) is 0 Å². The van der Waals surface area contributed by atoms with Gasteiger partial charge in [-0.25, -0.2) is 0 Å². The second-order valence-corrected chi connectivity index (χ2v) is 7.90. The van der Waals surface area contributed by atoms with Gasteiger partial charge in [0.15, 0.2) is 0 Å². The van der Waals surface area contributed by atoms with Crippen LogP contribution in [0.4, 0.5) is 0 Å². The number of methoxy groups -OCH3 is 1. The Labute approximate surface area is 207 Å². The van der Waals surface area contributed by atoms with Crippen LogP contribution in [0, 0.1) is 0 Å². The van der Waals surface area contributed by atoms with Crippen molar-refractivity contribution in [2.45, 2.75) is 6.54 Å². The summed E-state index contributed by atoms with van der Waals surface area (Å²) in [6, 6.07) is 7.03. The lowest BCUT2D eigenvalue weighted by Crippen LogP contribution is -2.46. The van der Waals surface area contributed by atoms with Crippen LogP contribution in [0.3, 0.4) is 0 Å². The van der Waals surface area contributed by atoms with Gasteiger partial charge in [-0.3, -0.25) is 38.7 Å². The fourth-order valence-electron chi connectivity index (χ4n) is 3.23. The molecule has 0 heterocycles. The Morgan fingerprint density at radius 2 is 1.06 bits per heavy atom. The Bertz CT molecular complexity index is 877. The van der Waals surface area contributed by atoms with Gasteiger partial charge in [0.05, 0.1) is 39.8 Å². The topological polar surface area (TPSA) is 197 Å². The molecule has 1 rings (SSSR count). The van der Waals surface area contributed by atoms with Gasteiger partial charge in [0.2, 0.25) is 5.91 Å². The first-order valence-electron chi connectivity index (χ1n) is 10.9. The second-order valence-electron chi connectivity index (χ2n) is 7.90. The Morgan fingerprint density at radius 1 is 0.667 bits per heavy atom. The first-order valence-corrected chi connectivity index (χ1v) is 10.9. The van der Waals surface area contributed by atoms with Crippen LogP contribution in [0.1, 0.15) is 5.56 Å². The highest BCUT2D eigenvalue weighted by Crippen LogP contribution is 2.10. The van der Waals surface area contributed by atoms with Gasteiger partial charge in [-0.1, -0.05) is 12.1 Å². The van der Waals surface area contributed by atoms with Gasteiger partial charge >= 0.3 is 23.9 Å². The zero-order chi connectivity index (χ0) is 27.1. The van der Waals surface area contributed by atoms with Crippen LogP contribution >= 0.6 is 0 Å². The fraction of sp³-hybridized carbons (Fsp3) is 0.500. The number of amides is 1. The molecule has 1 amide bonds. The second kappa shape index (κ2) is 16.0. The Morgan fingerprint density at radius 3 is 1.47 bits per heavy atom. The molecular formula is C22H32N4O10. The molecule has 0 spiro atoms. The van der Waals surface area contributed by atoms with E-state index in [0.29, 0.717) is 5.75 Å². The molecule has 0 unspecified atom stereocenters. The smallest absolute Gasteiger partial charge is 0.317 e. The SMILES string of the molecule is COc1ccc(CNC(=O)CN(CCN(CCN(CC(=O)O)CC(=O)O)CC(=O)O)CC(=O)O)cc1. The van der Waals surface area contributed by atoms with E-state index in [9.17, 15) is 34.2 Å². The number of rotatable bonds is 19. The number of carboxylic acid groups (broad SMARTS) is 4. The van der Waals surface area contributed by atoms with Gasteiger partial charge in [-0.15, -0.1) is 0 Å². The molecule has 0 bridgehead atoms. The van der Waals surface area contributed by atoms with Crippen molar-refractivity contribution in [3.05, 3.63) is 29.8 Å². The molecule has 0 saturated carbocycles. The molecule has 0 fully saturated rings. The number of hydrogen-bond acceptors (Lipinski definition) is 9. The average Bonchev–Trinajstić information content (AvgIpc) is 2.78. The number of carboxylic acids is 4. The summed E-state index contributed by atoms with van der Waals surface area (Å²) in [6.45, 7) is -1.90. The van der Waals surface area contributed by atoms with Gasteiger partial charge in [-0.2, -0.15) is 0 Å². The number of hydrogen-bond donors (Lipinski definition) is 5. The monoisotopic (exact) mass is 512 g/mol. The highest BCUT2D eigenvalue weighted by molar-refractivity contribution is 5.79. The third kappa shape index (κ3) is 13.8. The van der Waals surface area contributed by atoms with Crippen LogP contribution in [-0.2, 0) is 30.5 Å². The zero-order valence-corrected chi connectivity index (χ0v) is 20.0. The molecule has 5 N–H and O–H groups in total. The van der Waals surface area contributed by atoms with Crippen molar-refractivity contribution in [1.29, 1.82) is 0 Å².